The van der Waals surface area contributed by atoms with Crippen molar-refractivity contribution in [2.45, 2.75) is 32.9 Å². The molecule has 0 aliphatic carbocycles. The van der Waals surface area contributed by atoms with Crippen LogP contribution in [0, 0.1) is 13.8 Å². The number of ether oxygens (including phenoxy) is 1. The van der Waals surface area contributed by atoms with Gasteiger partial charge in [0.05, 0.1) is 17.1 Å². The van der Waals surface area contributed by atoms with Crippen LogP contribution in [0.5, 0.6) is 0 Å². The molecule has 0 bridgehead atoms. The van der Waals surface area contributed by atoms with Crippen LogP contribution in [0.1, 0.15) is 33.5 Å². The molecule has 6 nitrogen and oxygen atoms in total. The number of benzene rings is 2. The van der Waals surface area contributed by atoms with Gasteiger partial charge in [0, 0.05) is 12.6 Å². The number of hydrogen-bond donors (Lipinski definition) is 0. The zero-order valence-corrected chi connectivity index (χ0v) is 17.4. The summed E-state index contributed by atoms with van der Waals surface area (Å²) in [7, 11) is -3.15. The van der Waals surface area contributed by atoms with E-state index in [9.17, 15) is 18.0 Å². The highest BCUT2D eigenvalue weighted by atomic mass is 32.2. The minimum atomic E-state index is -3.15. The molecule has 2 aromatic rings. The van der Waals surface area contributed by atoms with Crippen LogP contribution in [-0.2, 0) is 25.9 Å². The second kappa shape index (κ2) is 8.78. The third kappa shape index (κ3) is 5.23. The second-order valence-corrected chi connectivity index (χ2v) is 9.62. The van der Waals surface area contributed by atoms with Crippen LogP contribution < -0.4 is 0 Å². The van der Waals surface area contributed by atoms with E-state index in [1.807, 2.05) is 50.2 Å². The molecule has 0 spiro atoms. The Morgan fingerprint density at radius 1 is 1.07 bits per heavy atom. The molecule has 1 saturated heterocycles. The summed E-state index contributed by atoms with van der Waals surface area (Å²) in [5.41, 5.74) is 3.10. The maximum Gasteiger partial charge on any atom is 0.338 e. The van der Waals surface area contributed by atoms with E-state index >= 15 is 0 Å². The zero-order valence-electron chi connectivity index (χ0n) is 16.6. The Hall–Kier alpha value is -2.67. The number of amides is 1. The van der Waals surface area contributed by atoms with Gasteiger partial charge in [-0.05, 0) is 43.0 Å². The van der Waals surface area contributed by atoms with Crippen molar-refractivity contribution in [2.24, 2.45) is 0 Å². The lowest BCUT2D eigenvalue weighted by atomic mass is 10.0. The van der Waals surface area contributed by atoms with Gasteiger partial charge in [0.2, 0.25) is 0 Å². The summed E-state index contributed by atoms with van der Waals surface area (Å²) in [4.78, 5) is 26.8. The number of nitrogens with zero attached hydrogens (tertiary/aromatic N) is 1. The first-order valence-corrected chi connectivity index (χ1v) is 11.4. The van der Waals surface area contributed by atoms with Crippen LogP contribution >= 0.6 is 0 Å². The van der Waals surface area contributed by atoms with Crippen molar-refractivity contribution >= 4 is 21.7 Å². The van der Waals surface area contributed by atoms with Gasteiger partial charge in [-0.3, -0.25) is 4.79 Å². The van der Waals surface area contributed by atoms with E-state index in [-0.39, 0.29) is 18.1 Å². The van der Waals surface area contributed by atoms with Gasteiger partial charge in [0.1, 0.15) is 0 Å². The standard InChI is InChI=1S/C22H25NO5S/c1-16-7-6-10-20(17(16)2)22(25)28-14-21(24)23(13-18-8-4-3-5-9-18)19-11-12-29(26,27)15-19/h3-10,19H,11-15H2,1-2H3/t19-/m1/s1. The molecule has 0 saturated carbocycles. The molecule has 1 amide bonds. The van der Waals surface area contributed by atoms with Crippen LogP contribution in [-0.4, -0.2) is 49.3 Å². The minimum Gasteiger partial charge on any atom is -0.452 e. The fourth-order valence-corrected chi connectivity index (χ4v) is 5.21. The average Bonchev–Trinajstić information content (AvgIpc) is 3.06. The van der Waals surface area contributed by atoms with Gasteiger partial charge in [-0.15, -0.1) is 0 Å². The van der Waals surface area contributed by atoms with E-state index in [0.29, 0.717) is 12.0 Å². The Kier molecular flexibility index (Phi) is 6.37. The molecular weight excluding hydrogens is 390 g/mol. The van der Waals surface area contributed by atoms with E-state index in [2.05, 4.69) is 0 Å². The molecule has 29 heavy (non-hydrogen) atoms. The number of carbonyl (C=O) groups is 2. The molecular formula is C22H25NO5S. The fraction of sp³-hybridized carbons (Fsp3) is 0.364. The van der Waals surface area contributed by atoms with Gasteiger partial charge < -0.3 is 9.64 Å². The lowest BCUT2D eigenvalue weighted by Gasteiger charge is -2.28. The van der Waals surface area contributed by atoms with Crippen LogP contribution in [0.15, 0.2) is 48.5 Å². The maximum absolute atomic E-state index is 12.9. The molecule has 1 aliphatic rings. The Balaban J connectivity index is 1.72. The largest absolute Gasteiger partial charge is 0.452 e. The lowest BCUT2D eigenvalue weighted by Crippen LogP contribution is -2.42. The summed E-state index contributed by atoms with van der Waals surface area (Å²) < 4.78 is 29.1. The highest BCUT2D eigenvalue weighted by Gasteiger charge is 2.35. The Bertz CT molecular complexity index is 1000. The van der Waals surface area contributed by atoms with Gasteiger partial charge in [0.15, 0.2) is 16.4 Å². The third-order valence-electron chi connectivity index (χ3n) is 5.32. The molecule has 7 heteroatoms. The molecule has 0 N–H and O–H groups in total. The van der Waals surface area contributed by atoms with Crippen molar-refractivity contribution in [1.82, 2.24) is 4.90 Å². The average molecular weight is 416 g/mol. The first-order chi connectivity index (χ1) is 13.8. The smallest absolute Gasteiger partial charge is 0.338 e. The first-order valence-electron chi connectivity index (χ1n) is 9.54. The number of hydrogen-bond acceptors (Lipinski definition) is 5. The highest BCUT2D eigenvalue weighted by molar-refractivity contribution is 7.91. The highest BCUT2D eigenvalue weighted by Crippen LogP contribution is 2.21. The van der Waals surface area contributed by atoms with Crippen molar-refractivity contribution in [3.63, 3.8) is 0 Å². The Morgan fingerprint density at radius 3 is 2.45 bits per heavy atom. The van der Waals surface area contributed by atoms with Gasteiger partial charge >= 0.3 is 5.97 Å². The van der Waals surface area contributed by atoms with E-state index < -0.39 is 34.4 Å². The van der Waals surface area contributed by atoms with Crippen molar-refractivity contribution in [2.75, 3.05) is 18.1 Å². The third-order valence-corrected chi connectivity index (χ3v) is 7.07. The quantitative estimate of drug-likeness (QED) is 0.678. The van der Waals surface area contributed by atoms with E-state index in [1.165, 1.54) is 4.90 Å². The van der Waals surface area contributed by atoms with Crippen LogP contribution in [0.2, 0.25) is 0 Å². The zero-order chi connectivity index (χ0) is 21.0. The van der Waals surface area contributed by atoms with E-state index in [4.69, 9.17) is 4.74 Å². The minimum absolute atomic E-state index is 0.0590. The second-order valence-electron chi connectivity index (χ2n) is 7.39. The summed E-state index contributed by atoms with van der Waals surface area (Å²) in [5, 5.41) is 0. The summed E-state index contributed by atoms with van der Waals surface area (Å²) >= 11 is 0. The molecule has 2 aromatic carbocycles. The van der Waals surface area contributed by atoms with Crippen molar-refractivity contribution in [1.29, 1.82) is 0 Å². The number of rotatable bonds is 6. The molecule has 1 heterocycles. The van der Waals surface area contributed by atoms with Crippen LogP contribution in [0.3, 0.4) is 0 Å². The van der Waals surface area contributed by atoms with Gasteiger partial charge in [0.25, 0.3) is 5.91 Å². The summed E-state index contributed by atoms with van der Waals surface area (Å²) in [6.45, 7) is 3.59. The monoisotopic (exact) mass is 415 g/mol. The maximum atomic E-state index is 12.9. The van der Waals surface area contributed by atoms with Gasteiger partial charge in [-0.2, -0.15) is 0 Å². The van der Waals surface area contributed by atoms with Gasteiger partial charge in [-0.25, -0.2) is 13.2 Å². The van der Waals surface area contributed by atoms with Crippen molar-refractivity contribution in [3.05, 3.63) is 70.8 Å². The normalized spacial score (nSPS) is 17.7. The Morgan fingerprint density at radius 2 is 1.79 bits per heavy atom. The topological polar surface area (TPSA) is 80.8 Å². The molecule has 0 radical (unpaired) electrons. The molecule has 0 aromatic heterocycles. The molecule has 1 aliphatic heterocycles. The van der Waals surface area contributed by atoms with Crippen molar-refractivity contribution in [3.8, 4) is 0 Å². The number of carbonyl (C=O) groups excluding carboxylic acids is 2. The van der Waals surface area contributed by atoms with Crippen LogP contribution in [0.4, 0.5) is 0 Å². The number of sulfone groups is 1. The van der Waals surface area contributed by atoms with Crippen molar-refractivity contribution < 1.29 is 22.7 Å². The molecule has 0 unspecified atom stereocenters. The Labute approximate surface area is 171 Å². The van der Waals surface area contributed by atoms with E-state index in [0.717, 1.165) is 16.7 Å². The first kappa shape index (κ1) is 21.0. The molecule has 1 fully saturated rings. The summed E-state index contributed by atoms with van der Waals surface area (Å²) in [5.74, 6) is -0.942. The fourth-order valence-electron chi connectivity index (χ4n) is 3.48. The predicted octanol–water partition coefficient (Wildman–Crippen LogP) is 2.68. The number of esters is 1. The molecule has 154 valence electrons. The van der Waals surface area contributed by atoms with Crippen LogP contribution in [0.25, 0.3) is 0 Å². The SMILES string of the molecule is Cc1cccc(C(=O)OCC(=O)N(Cc2ccccc2)[C@@H]2CCS(=O)(=O)C2)c1C. The molecule has 1 atom stereocenters. The summed E-state index contributed by atoms with van der Waals surface area (Å²) in [6.07, 6.45) is 0.395. The predicted molar refractivity (Wildman–Crippen MR) is 110 cm³/mol. The summed E-state index contributed by atoms with van der Waals surface area (Å²) in [6, 6.07) is 14.3. The number of aryl methyl sites for hydroxylation is 1. The lowest BCUT2D eigenvalue weighted by molar-refractivity contribution is -0.137. The van der Waals surface area contributed by atoms with E-state index in [1.54, 1.807) is 12.1 Å². The van der Waals surface area contributed by atoms with Gasteiger partial charge in [-0.1, -0.05) is 42.5 Å². The molecule has 3 rings (SSSR count).